The molecule has 0 radical (unpaired) electrons. The minimum Gasteiger partial charge on any atom is -0.406 e. The summed E-state index contributed by atoms with van der Waals surface area (Å²) < 4.78 is 52.9. The van der Waals surface area contributed by atoms with Crippen LogP contribution >= 0.6 is 0 Å². The van der Waals surface area contributed by atoms with Crippen LogP contribution in [0.5, 0.6) is 5.75 Å². The third-order valence-electron chi connectivity index (χ3n) is 2.70. The number of amidine groups is 1. The van der Waals surface area contributed by atoms with Gasteiger partial charge in [0.15, 0.2) is 0 Å². The molecule has 2 aromatic carbocycles. The standard InChI is InChI=1S/C15H12F4N2O/c16-12-3-1-2-10(8-12)9-21-14(20)11-4-6-13(7-5-11)22-15(17,18)19/h1-8H,9H2,(H2,20,21). The highest BCUT2D eigenvalue weighted by atomic mass is 19.4. The van der Waals surface area contributed by atoms with Crippen molar-refractivity contribution in [3.05, 3.63) is 65.5 Å². The number of nitrogens with zero attached hydrogens (tertiary/aromatic N) is 1. The van der Waals surface area contributed by atoms with E-state index < -0.39 is 6.36 Å². The quantitative estimate of drug-likeness (QED) is 0.532. The van der Waals surface area contributed by atoms with E-state index in [-0.39, 0.29) is 23.9 Å². The van der Waals surface area contributed by atoms with Crippen molar-refractivity contribution in [2.24, 2.45) is 10.7 Å². The van der Waals surface area contributed by atoms with Crippen LogP contribution in [0.25, 0.3) is 0 Å². The summed E-state index contributed by atoms with van der Waals surface area (Å²) in [5.74, 6) is -0.572. The summed E-state index contributed by atoms with van der Waals surface area (Å²) in [4.78, 5) is 4.07. The number of hydrogen-bond acceptors (Lipinski definition) is 2. The average molecular weight is 312 g/mol. The van der Waals surface area contributed by atoms with E-state index in [0.717, 1.165) is 12.1 Å². The molecule has 7 heteroatoms. The van der Waals surface area contributed by atoms with Crippen molar-refractivity contribution >= 4 is 5.84 Å². The fourth-order valence-electron chi connectivity index (χ4n) is 1.73. The maximum Gasteiger partial charge on any atom is 0.573 e. The van der Waals surface area contributed by atoms with Gasteiger partial charge in [0.05, 0.1) is 6.54 Å². The van der Waals surface area contributed by atoms with Crippen molar-refractivity contribution in [1.29, 1.82) is 0 Å². The van der Waals surface area contributed by atoms with Gasteiger partial charge in [-0.15, -0.1) is 13.2 Å². The van der Waals surface area contributed by atoms with Gasteiger partial charge in [-0.1, -0.05) is 12.1 Å². The van der Waals surface area contributed by atoms with Crippen LogP contribution in [0.1, 0.15) is 11.1 Å². The fraction of sp³-hybridized carbons (Fsp3) is 0.133. The molecule has 0 aliphatic heterocycles. The van der Waals surface area contributed by atoms with Gasteiger partial charge in [0.2, 0.25) is 0 Å². The van der Waals surface area contributed by atoms with E-state index in [1.54, 1.807) is 12.1 Å². The molecule has 0 spiro atoms. The third-order valence-corrected chi connectivity index (χ3v) is 2.70. The van der Waals surface area contributed by atoms with Crippen molar-refractivity contribution in [2.75, 3.05) is 0 Å². The van der Waals surface area contributed by atoms with Crippen molar-refractivity contribution in [3.63, 3.8) is 0 Å². The van der Waals surface area contributed by atoms with Gasteiger partial charge in [-0.05, 0) is 42.0 Å². The van der Waals surface area contributed by atoms with Crippen molar-refractivity contribution in [2.45, 2.75) is 12.9 Å². The summed E-state index contributed by atoms with van der Waals surface area (Å²) in [5.41, 5.74) is 6.84. The highest BCUT2D eigenvalue weighted by Gasteiger charge is 2.30. The van der Waals surface area contributed by atoms with E-state index in [1.807, 2.05) is 0 Å². The first-order valence-electron chi connectivity index (χ1n) is 6.24. The molecule has 0 unspecified atom stereocenters. The summed E-state index contributed by atoms with van der Waals surface area (Å²) in [5, 5.41) is 0. The summed E-state index contributed by atoms with van der Waals surface area (Å²) in [6, 6.07) is 10.9. The Morgan fingerprint density at radius 1 is 1.09 bits per heavy atom. The molecule has 0 amide bonds. The van der Waals surface area contributed by atoms with Gasteiger partial charge in [-0.3, -0.25) is 4.99 Å². The SMILES string of the molecule is NC(=NCc1cccc(F)c1)c1ccc(OC(F)(F)F)cc1. The number of rotatable bonds is 4. The number of aliphatic imine (C=N–C) groups is 1. The van der Waals surface area contributed by atoms with E-state index in [4.69, 9.17) is 5.73 Å². The summed E-state index contributed by atoms with van der Waals surface area (Å²) >= 11 is 0. The molecule has 0 aromatic heterocycles. The van der Waals surface area contributed by atoms with Crippen LogP contribution in [0.15, 0.2) is 53.5 Å². The topological polar surface area (TPSA) is 47.6 Å². The Morgan fingerprint density at radius 3 is 2.36 bits per heavy atom. The number of hydrogen-bond donors (Lipinski definition) is 1. The lowest BCUT2D eigenvalue weighted by Crippen LogP contribution is -2.17. The lowest BCUT2D eigenvalue weighted by Gasteiger charge is -2.09. The Balaban J connectivity index is 2.06. The smallest absolute Gasteiger partial charge is 0.406 e. The van der Waals surface area contributed by atoms with Crippen LogP contribution in [-0.4, -0.2) is 12.2 Å². The van der Waals surface area contributed by atoms with Crippen molar-refractivity contribution in [1.82, 2.24) is 0 Å². The Morgan fingerprint density at radius 2 is 1.77 bits per heavy atom. The molecule has 0 aliphatic carbocycles. The molecule has 0 heterocycles. The number of benzene rings is 2. The number of ether oxygens (including phenoxy) is 1. The lowest BCUT2D eigenvalue weighted by molar-refractivity contribution is -0.274. The fourth-order valence-corrected chi connectivity index (χ4v) is 1.73. The number of halogens is 4. The Labute approximate surface area is 124 Å². The van der Waals surface area contributed by atoms with Gasteiger partial charge in [-0.2, -0.15) is 0 Å². The minimum absolute atomic E-state index is 0.141. The van der Waals surface area contributed by atoms with E-state index in [1.165, 1.54) is 24.3 Å². The lowest BCUT2D eigenvalue weighted by atomic mass is 10.2. The Bertz CT molecular complexity index is 666. The third kappa shape index (κ3) is 4.76. The molecule has 0 fully saturated rings. The molecule has 2 N–H and O–H groups in total. The first kappa shape index (κ1) is 15.8. The van der Waals surface area contributed by atoms with E-state index in [0.29, 0.717) is 11.1 Å². The predicted molar refractivity (Wildman–Crippen MR) is 74.0 cm³/mol. The molecule has 2 rings (SSSR count). The zero-order valence-corrected chi connectivity index (χ0v) is 11.3. The van der Waals surface area contributed by atoms with Crippen LogP contribution in [-0.2, 0) is 6.54 Å². The van der Waals surface area contributed by atoms with Gasteiger partial charge in [0, 0.05) is 5.56 Å². The van der Waals surface area contributed by atoms with Crippen molar-refractivity contribution < 1.29 is 22.3 Å². The van der Waals surface area contributed by atoms with Gasteiger partial charge in [-0.25, -0.2) is 4.39 Å². The molecule has 116 valence electrons. The maximum absolute atomic E-state index is 13.0. The largest absolute Gasteiger partial charge is 0.573 e. The summed E-state index contributed by atoms with van der Waals surface area (Å²) in [6.45, 7) is 0.171. The first-order valence-corrected chi connectivity index (χ1v) is 6.24. The minimum atomic E-state index is -4.74. The monoisotopic (exact) mass is 312 g/mol. The van der Waals surface area contributed by atoms with E-state index in [2.05, 4.69) is 9.73 Å². The molecular formula is C15H12F4N2O. The number of nitrogens with two attached hydrogens (primary N) is 1. The first-order chi connectivity index (χ1) is 10.3. The molecule has 0 saturated heterocycles. The normalized spacial score (nSPS) is 12.3. The maximum atomic E-state index is 13.0. The van der Waals surface area contributed by atoms with Crippen LogP contribution in [0.2, 0.25) is 0 Å². The Kier molecular flexibility index (Phi) is 4.65. The molecular weight excluding hydrogens is 300 g/mol. The average Bonchev–Trinajstić information content (AvgIpc) is 2.44. The molecule has 2 aromatic rings. The molecule has 0 saturated carbocycles. The van der Waals surface area contributed by atoms with Crippen LogP contribution in [0.3, 0.4) is 0 Å². The van der Waals surface area contributed by atoms with E-state index in [9.17, 15) is 17.6 Å². The second-order valence-corrected chi connectivity index (χ2v) is 4.40. The van der Waals surface area contributed by atoms with Crippen LogP contribution in [0, 0.1) is 5.82 Å². The van der Waals surface area contributed by atoms with Gasteiger partial charge in [0.25, 0.3) is 0 Å². The second-order valence-electron chi connectivity index (χ2n) is 4.40. The summed E-state index contributed by atoms with van der Waals surface area (Å²) in [7, 11) is 0. The molecule has 0 bridgehead atoms. The molecule has 0 aliphatic rings. The Hall–Kier alpha value is -2.57. The predicted octanol–water partition coefficient (Wildman–Crippen LogP) is 3.63. The second kappa shape index (κ2) is 6.46. The van der Waals surface area contributed by atoms with Crippen molar-refractivity contribution in [3.8, 4) is 5.75 Å². The molecule has 22 heavy (non-hydrogen) atoms. The highest BCUT2D eigenvalue weighted by Crippen LogP contribution is 2.22. The highest BCUT2D eigenvalue weighted by molar-refractivity contribution is 5.97. The number of alkyl halides is 3. The van der Waals surface area contributed by atoms with Gasteiger partial charge >= 0.3 is 6.36 Å². The summed E-state index contributed by atoms with van der Waals surface area (Å²) in [6.07, 6.45) is -4.74. The van der Waals surface area contributed by atoms with Gasteiger partial charge in [0.1, 0.15) is 17.4 Å². The zero-order valence-electron chi connectivity index (χ0n) is 11.3. The molecule has 0 atom stereocenters. The zero-order chi connectivity index (χ0) is 16.2. The van der Waals surface area contributed by atoms with Crippen LogP contribution < -0.4 is 10.5 Å². The van der Waals surface area contributed by atoms with Gasteiger partial charge < -0.3 is 10.5 Å². The van der Waals surface area contributed by atoms with E-state index >= 15 is 0 Å². The van der Waals surface area contributed by atoms with Crippen LogP contribution in [0.4, 0.5) is 17.6 Å². The molecule has 3 nitrogen and oxygen atoms in total.